The van der Waals surface area contributed by atoms with Gasteiger partial charge in [-0.25, -0.2) is 16.8 Å². The van der Waals surface area contributed by atoms with E-state index >= 15 is 0 Å². The summed E-state index contributed by atoms with van der Waals surface area (Å²) in [6.45, 7) is -0.126. The molecule has 1 heterocycles. The molecular formula is C24H20ClN7Na4O16S5. The van der Waals surface area contributed by atoms with Crippen LogP contribution >= 0.6 is 48.0 Å². The van der Waals surface area contributed by atoms with Gasteiger partial charge < -0.3 is 35.6 Å². The molecule has 33 heteroatoms. The number of nitrogens with one attached hydrogen (secondary N) is 1. The van der Waals surface area contributed by atoms with E-state index in [9.17, 15) is 42.3 Å². The average Bonchev–Trinajstić information content (AvgIpc) is 3.11. The van der Waals surface area contributed by atoms with Crippen molar-refractivity contribution in [1.82, 2.24) is 15.0 Å². The van der Waals surface area contributed by atoms with Crippen LogP contribution in [0.5, 0.6) is 5.75 Å². The Labute approximate surface area is 429 Å². The van der Waals surface area contributed by atoms with E-state index in [2.05, 4.69) is 58.6 Å². The van der Waals surface area contributed by atoms with E-state index in [1.54, 1.807) is 7.05 Å². The molecule has 0 atom stereocenters. The first-order valence-electron chi connectivity index (χ1n) is 13.7. The first-order valence-corrected chi connectivity index (χ1v) is 19.4. The summed E-state index contributed by atoms with van der Waals surface area (Å²) < 4.78 is 79.4. The van der Waals surface area contributed by atoms with Gasteiger partial charge >= 0.3 is 118 Å². The van der Waals surface area contributed by atoms with Crippen molar-refractivity contribution < 1.29 is 193 Å². The first-order chi connectivity index (χ1) is 25.3. The van der Waals surface area contributed by atoms with Crippen molar-refractivity contribution in [3.63, 3.8) is 0 Å². The largest absolute Gasteiger partial charge is 1.00 e. The van der Waals surface area contributed by atoms with Crippen LogP contribution in [0.1, 0.15) is 0 Å². The number of sulfone groups is 1. The quantitative estimate of drug-likeness (QED) is 0.0149. The van der Waals surface area contributed by atoms with E-state index in [0.717, 1.165) is 12.1 Å². The number of phenols is 1. The molecule has 288 valence electrons. The van der Waals surface area contributed by atoms with Crippen molar-refractivity contribution in [3.05, 3.63) is 47.7 Å². The van der Waals surface area contributed by atoms with Crippen molar-refractivity contribution in [2.75, 3.05) is 41.9 Å². The van der Waals surface area contributed by atoms with Crippen molar-refractivity contribution in [2.24, 2.45) is 10.2 Å². The number of halogens is 1. The van der Waals surface area contributed by atoms with Gasteiger partial charge in [0, 0.05) is 36.8 Å². The number of phenolic OH excluding ortho intramolecular Hbond substituents is 1. The predicted octanol–water partition coefficient (Wildman–Crippen LogP) is -10.4. The molecule has 4 rings (SSSR count). The molecule has 0 saturated carbocycles. The minimum atomic E-state index is -5.21. The molecule has 57 heavy (non-hydrogen) atoms. The number of hydrogen-bond acceptors (Lipinski definition) is 26. The standard InChI is InChI=1S/C24H24ClN7O16S5.4Na/c1-32(6-8-49-46-43-34)24-28-22(25)27-23(29-24)26-17-12-16-13(11-19(17)53(39,40)41)10-18(50-47-44-35)20(21(16)33)31-30-14-2-4-15(5-3-14)52(37,38)9-7-42-51-48-45-36;;;;/h2-5,10-12,33-36H,6-9H2,1H3,(H,39,40,41)(H,26,27,28,29);;;;/q;4*+1/p-4. The molecule has 0 saturated heterocycles. The van der Waals surface area contributed by atoms with Crippen LogP contribution in [0, 0.1) is 0 Å². The summed E-state index contributed by atoms with van der Waals surface area (Å²) in [5, 5.41) is 61.6. The SMILES string of the molecule is CN(CCSOO[O-])c1nc(Cl)nc(Nc2cc3c(O)c(N=Nc4ccc(S(=O)(=O)CCOSOO[O-])cc4)c(SOO[O-])cc3cc2S(=O)(=O)[O-])n1.[Na+].[Na+].[Na+].[Na+]. The number of aromatic nitrogens is 3. The van der Waals surface area contributed by atoms with Crippen molar-refractivity contribution in [2.45, 2.75) is 14.7 Å². The molecule has 1 aromatic heterocycles. The fraction of sp³-hybridized carbons (Fsp3) is 0.208. The molecule has 0 radical (unpaired) electrons. The van der Waals surface area contributed by atoms with Crippen molar-refractivity contribution >= 4 is 108 Å². The zero-order valence-corrected chi connectivity index (χ0v) is 42.9. The topological polar surface area (TPSA) is 324 Å². The first kappa shape index (κ1) is 57.7. The molecule has 0 fully saturated rings. The molecule has 0 spiro atoms. The minimum absolute atomic E-state index is 0. The summed E-state index contributed by atoms with van der Waals surface area (Å²) in [7, 11) is -7.49. The number of hydrogen-bond donors (Lipinski definition) is 2. The van der Waals surface area contributed by atoms with Gasteiger partial charge in [0.2, 0.25) is 17.2 Å². The second-order valence-corrected chi connectivity index (χ2v) is 15.4. The monoisotopic (exact) mass is 949 g/mol. The summed E-state index contributed by atoms with van der Waals surface area (Å²) in [6.07, 6.45) is 0. The van der Waals surface area contributed by atoms with Crippen LogP contribution in [0.25, 0.3) is 10.8 Å². The van der Waals surface area contributed by atoms with E-state index in [1.807, 2.05) is 0 Å². The zero-order chi connectivity index (χ0) is 38.6. The third kappa shape index (κ3) is 17.8. The van der Waals surface area contributed by atoms with Crippen LogP contribution in [0.15, 0.2) is 67.4 Å². The van der Waals surface area contributed by atoms with Gasteiger partial charge in [-0.2, -0.15) is 28.7 Å². The average molecular weight is 950 g/mol. The Morgan fingerprint density at radius 3 is 2.21 bits per heavy atom. The third-order valence-corrected chi connectivity index (χ3v) is 10.6. The second-order valence-electron chi connectivity index (χ2n) is 9.59. The fourth-order valence-corrected chi connectivity index (χ4v) is 7.22. The molecule has 0 unspecified atom stereocenters. The number of benzene rings is 3. The zero-order valence-electron chi connectivity index (χ0n) is 30.0. The van der Waals surface area contributed by atoms with Crippen molar-refractivity contribution in [3.8, 4) is 5.75 Å². The van der Waals surface area contributed by atoms with Crippen LogP contribution in [0.2, 0.25) is 5.28 Å². The van der Waals surface area contributed by atoms with E-state index in [1.165, 1.54) is 35.2 Å². The van der Waals surface area contributed by atoms with Crippen LogP contribution < -0.4 is 144 Å². The number of aromatic hydroxyl groups is 1. The molecule has 0 bridgehead atoms. The summed E-state index contributed by atoms with van der Waals surface area (Å²) in [6, 6.07) is 8.21. The number of nitrogens with zero attached hydrogens (tertiary/aromatic N) is 6. The normalized spacial score (nSPS) is 11.3. The van der Waals surface area contributed by atoms with Crippen LogP contribution in [-0.2, 0) is 52.3 Å². The molecule has 2 N–H and O–H groups in total. The summed E-state index contributed by atoms with van der Waals surface area (Å²) in [4.78, 5) is 12.5. The van der Waals surface area contributed by atoms with Crippen LogP contribution in [0.3, 0.4) is 0 Å². The summed E-state index contributed by atoms with van der Waals surface area (Å²) in [5.74, 6) is -1.21. The van der Waals surface area contributed by atoms with Gasteiger partial charge in [0.1, 0.15) is 15.8 Å². The van der Waals surface area contributed by atoms with Crippen LogP contribution in [0.4, 0.5) is 29.0 Å². The molecule has 3 aromatic carbocycles. The van der Waals surface area contributed by atoms with Gasteiger partial charge in [0.15, 0.2) is 27.9 Å². The molecule has 0 amide bonds. The van der Waals surface area contributed by atoms with Gasteiger partial charge in [-0.05, 0) is 59.5 Å². The van der Waals surface area contributed by atoms with Crippen molar-refractivity contribution in [1.29, 1.82) is 0 Å². The van der Waals surface area contributed by atoms with E-state index in [0.29, 0.717) is 12.0 Å². The number of rotatable bonds is 21. The molecular weight excluding hydrogens is 930 g/mol. The molecule has 23 nitrogen and oxygen atoms in total. The molecule has 4 aromatic rings. The van der Waals surface area contributed by atoms with Gasteiger partial charge in [0.05, 0.1) is 50.5 Å². The van der Waals surface area contributed by atoms with Crippen LogP contribution in [-0.4, -0.2) is 73.2 Å². The second kappa shape index (κ2) is 28.4. The Balaban J connectivity index is 0.00000784. The maximum Gasteiger partial charge on any atom is 1.00 e. The summed E-state index contributed by atoms with van der Waals surface area (Å²) in [5.41, 5.74) is -0.624. The summed E-state index contributed by atoms with van der Waals surface area (Å²) >= 11 is 7.19. The van der Waals surface area contributed by atoms with E-state index in [4.69, 9.17) is 15.8 Å². The maximum atomic E-state index is 12.6. The Morgan fingerprint density at radius 2 is 1.58 bits per heavy atom. The van der Waals surface area contributed by atoms with Gasteiger partial charge in [-0.15, -0.1) is 9.45 Å². The predicted molar refractivity (Wildman–Crippen MR) is 176 cm³/mol. The molecule has 0 aliphatic rings. The molecule has 0 aliphatic carbocycles. The Morgan fingerprint density at radius 1 is 0.912 bits per heavy atom. The number of azo groups is 1. The Hall–Kier alpha value is 0.730. The van der Waals surface area contributed by atoms with Gasteiger partial charge in [-0.3, -0.25) is 19.3 Å². The van der Waals surface area contributed by atoms with Gasteiger partial charge in [0.25, 0.3) is 0 Å². The number of anilines is 3. The third-order valence-electron chi connectivity index (χ3n) is 6.34. The number of fused-ring (bicyclic) bond motifs is 1. The van der Waals surface area contributed by atoms with E-state index < -0.39 is 42.0 Å². The van der Waals surface area contributed by atoms with E-state index in [-0.39, 0.29) is 211 Å². The Bertz CT molecular complexity index is 2140. The maximum absolute atomic E-state index is 12.6. The minimum Gasteiger partial charge on any atom is -0.744 e. The smallest absolute Gasteiger partial charge is 0.744 e. The Kier molecular flexibility index (Phi) is 28.8. The van der Waals surface area contributed by atoms with Gasteiger partial charge in [-0.1, -0.05) is 0 Å². The molecule has 0 aliphatic heterocycles. The fourth-order valence-electron chi connectivity index (χ4n) is 4.06.